The summed E-state index contributed by atoms with van der Waals surface area (Å²) in [6.07, 6.45) is 3.89. The van der Waals surface area contributed by atoms with Crippen LogP contribution in [0.5, 0.6) is 0 Å². The molecule has 0 saturated carbocycles. The van der Waals surface area contributed by atoms with Gasteiger partial charge >= 0.3 is 0 Å². The fourth-order valence-corrected chi connectivity index (χ4v) is 1.01. The van der Waals surface area contributed by atoms with E-state index >= 15 is 0 Å². The van der Waals surface area contributed by atoms with Crippen LogP contribution in [0.15, 0.2) is 12.2 Å². The number of carbonyl (C=O) groups excluding carboxylic acids is 1. The van der Waals surface area contributed by atoms with Crippen LogP contribution in [-0.2, 0) is 9.53 Å². The lowest BCUT2D eigenvalue weighted by Crippen LogP contribution is -2.26. The van der Waals surface area contributed by atoms with Gasteiger partial charge in [0.2, 0.25) is 5.91 Å². The molecule has 0 fully saturated rings. The predicted octanol–water partition coefficient (Wildman–Crippen LogP) is 1.21. The highest BCUT2D eigenvalue weighted by Crippen LogP contribution is 1.98. The smallest absolute Gasteiger partial charge is 0.248 e. The third-order valence-electron chi connectivity index (χ3n) is 1.92. The Morgan fingerprint density at radius 2 is 2.00 bits per heavy atom. The molecule has 88 valence electrons. The van der Waals surface area contributed by atoms with Gasteiger partial charge in [-0.1, -0.05) is 19.4 Å². The lowest BCUT2D eigenvalue weighted by molar-refractivity contribution is -0.119. The minimum Gasteiger partial charge on any atom is -0.396 e. The first-order valence-electron chi connectivity index (χ1n) is 5.30. The van der Waals surface area contributed by atoms with Crippen molar-refractivity contribution in [2.24, 2.45) is 0 Å². The number of hydrogen-bond acceptors (Lipinski definition) is 3. The molecule has 0 aromatic heterocycles. The summed E-state index contributed by atoms with van der Waals surface area (Å²) >= 11 is 0. The monoisotopic (exact) mass is 215 g/mol. The maximum atomic E-state index is 11.0. The van der Waals surface area contributed by atoms with Crippen LogP contribution in [0.3, 0.4) is 0 Å². The Morgan fingerprint density at radius 1 is 1.33 bits per heavy atom. The minimum atomic E-state index is -0.171. The number of aliphatic hydroxyl groups is 1. The zero-order valence-electron chi connectivity index (χ0n) is 9.42. The van der Waals surface area contributed by atoms with Crippen LogP contribution < -0.4 is 5.32 Å². The lowest BCUT2D eigenvalue weighted by atomic mass is 10.2. The van der Waals surface area contributed by atoms with Crippen LogP contribution in [0, 0.1) is 0 Å². The van der Waals surface area contributed by atoms with E-state index in [0.29, 0.717) is 12.2 Å². The molecular formula is C11H21NO3. The number of amides is 1. The molecule has 0 rings (SSSR count). The quantitative estimate of drug-likeness (QED) is 0.345. The second kappa shape index (κ2) is 9.68. The highest BCUT2D eigenvalue weighted by atomic mass is 16.5. The normalized spacial score (nSPS) is 10.0. The molecule has 15 heavy (non-hydrogen) atoms. The summed E-state index contributed by atoms with van der Waals surface area (Å²) in [4.78, 5) is 11.0. The molecule has 4 nitrogen and oxygen atoms in total. The van der Waals surface area contributed by atoms with Crippen molar-refractivity contribution in [2.75, 3.05) is 19.9 Å². The Balaban J connectivity index is 3.11. The third kappa shape index (κ3) is 9.43. The van der Waals surface area contributed by atoms with Crippen molar-refractivity contribution in [3.63, 3.8) is 0 Å². The van der Waals surface area contributed by atoms with E-state index < -0.39 is 0 Å². The summed E-state index contributed by atoms with van der Waals surface area (Å²) in [7, 11) is 0. The summed E-state index contributed by atoms with van der Waals surface area (Å²) in [5.74, 6) is -0.171. The fourth-order valence-electron chi connectivity index (χ4n) is 1.01. The molecule has 0 saturated heterocycles. The molecule has 0 spiro atoms. The summed E-state index contributed by atoms with van der Waals surface area (Å²) in [5.41, 5.74) is 0.488. The first kappa shape index (κ1) is 14.1. The largest absolute Gasteiger partial charge is 0.396 e. The van der Waals surface area contributed by atoms with E-state index in [4.69, 9.17) is 9.84 Å². The number of unbranched alkanes of at least 4 members (excludes halogenated alkanes) is 3. The lowest BCUT2D eigenvalue weighted by Gasteiger charge is -2.05. The van der Waals surface area contributed by atoms with Crippen molar-refractivity contribution in [1.29, 1.82) is 0 Å². The minimum absolute atomic E-state index is 0.171. The molecule has 0 atom stereocenters. The van der Waals surface area contributed by atoms with Crippen molar-refractivity contribution >= 4 is 5.91 Å². The van der Waals surface area contributed by atoms with Crippen molar-refractivity contribution in [3.8, 4) is 0 Å². The number of ether oxygens (including phenoxy) is 1. The Labute approximate surface area is 91.3 Å². The SMILES string of the molecule is C=C(C)C(=O)NCOCCCCCCO. The highest BCUT2D eigenvalue weighted by molar-refractivity contribution is 5.91. The Bertz CT molecular complexity index is 192. The number of rotatable bonds is 9. The first-order chi connectivity index (χ1) is 7.18. The topological polar surface area (TPSA) is 58.6 Å². The van der Waals surface area contributed by atoms with Gasteiger partial charge in [-0.15, -0.1) is 0 Å². The van der Waals surface area contributed by atoms with Gasteiger partial charge in [0.1, 0.15) is 6.73 Å². The molecule has 0 unspecified atom stereocenters. The van der Waals surface area contributed by atoms with Gasteiger partial charge in [0.25, 0.3) is 0 Å². The molecule has 0 heterocycles. The van der Waals surface area contributed by atoms with Gasteiger partial charge in [0.05, 0.1) is 0 Å². The first-order valence-corrected chi connectivity index (χ1v) is 5.30. The zero-order chi connectivity index (χ0) is 11.5. The molecular weight excluding hydrogens is 194 g/mol. The third-order valence-corrected chi connectivity index (χ3v) is 1.92. The molecule has 2 N–H and O–H groups in total. The summed E-state index contributed by atoms with van der Waals surface area (Å²) < 4.78 is 5.20. The van der Waals surface area contributed by atoms with Crippen molar-refractivity contribution in [1.82, 2.24) is 5.32 Å². The summed E-state index contributed by atoms with van der Waals surface area (Å²) in [5, 5.41) is 11.1. The number of nitrogens with one attached hydrogen (secondary N) is 1. The Morgan fingerprint density at radius 3 is 2.60 bits per heavy atom. The van der Waals surface area contributed by atoms with Crippen molar-refractivity contribution in [2.45, 2.75) is 32.6 Å². The van der Waals surface area contributed by atoms with Crippen LogP contribution in [0.1, 0.15) is 32.6 Å². The van der Waals surface area contributed by atoms with Crippen LogP contribution in [-0.4, -0.2) is 31.0 Å². The maximum Gasteiger partial charge on any atom is 0.248 e. The number of aliphatic hydroxyl groups excluding tert-OH is 1. The average Bonchev–Trinajstić information content (AvgIpc) is 2.21. The summed E-state index contributed by atoms with van der Waals surface area (Å²) in [6, 6.07) is 0. The van der Waals surface area contributed by atoms with Gasteiger partial charge in [-0.05, 0) is 19.8 Å². The second-order valence-corrected chi connectivity index (χ2v) is 3.48. The fraction of sp³-hybridized carbons (Fsp3) is 0.727. The Hall–Kier alpha value is -0.870. The summed E-state index contributed by atoms with van der Waals surface area (Å²) in [6.45, 7) is 6.31. The van der Waals surface area contributed by atoms with E-state index in [1.165, 1.54) is 0 Å². The molecule has 0 aliphatic carbocycles. The van der Waals surface area contributed by atoms with Crippen LogP contribution in [0.25, 0.3) is 0 Å². The van der Waals surface area contributed by atoms with Gasteiger partial charge in [0, 0.05) is 18.8 Å². The van der Waals surface area contributed by atoms with Gasteiger partial charge in [-0.25, -0.2) is 0 Å². The zero-order valence-corrected chi connectivity index (χ0v) is 9.42. The second-order valence-electron chi connectivity index (χ2n) is 3.48. The molecule has 0 aliphatic heterocycles. The van der Waals surface area contributed by atoms with E-state index in [-0.39, 0.29) is 19.2 Å². The van der Waals surface area contributed by atoms with Crippen LogP contribution in [0.2, 0.25) is 0 Å². The maximum absolute atomic E-state index is 11.0. The van der Waals surface area contributed by atoms with Gasteiger partial charge in [-0.3, -0.25) is 4.79 Å². The average molecular weight is 215 g/mol. The molecule has 0 aliphatic rings. The Kier molecular flexibility index (Phi) is 9.11. The molecule has 1 amide bonds. The molecule has 4 heteroatoms. The molecule has 0 radical (unpaired) electrons. The van der Waals surface area contributed by atoms with Gasteiger partial charge in [-0.2, -0.15) is 0 Å². The number of carbonyl (C=O) groups is 1. The molecule has 0 aromatic rings. The molecule has 0 aromatic carbocycles. The van der Waals surface area contributed by atoms with Crippen molar-refractivity contribution in [3.05, 3.63) is 12.2 Å². The van der Waals surface area contributed by atoms with E-state index in [0.717, 1.165) is 25.7 Å². The van der Waals surface area contributed by atoms with E-state index in [2.05, 4.69) is 11.9 Å². The van der Waals surface area contributed by atoms with Gasteiger partial charge < -0.3 is 15.2 Å². The van der Waals surface area contributed by atoms with Crippen molar-refractivity contribution < 1.29 is 14.6 Å². The van der Waals surface area contributed by atoms with E-state index in [9.17, 15) is 4.79 Å². The van der Waals surface area contributed by atoms with Crippen LogP contribution >= 0.6 is 0 Å². The number of hydrogen-bond donors (Lipinski definition) is 2. The van der Waals surface area contributed by atoms with Crippen LogP contribution in [0.4, 0.5) is 0 Å². The predicted molar refractivity (Wildman–Crippen MR) is 59.3 cm³/mol. The van der Waals surface area contributed by atoms with E-state index in [1.54, 1.807) is 6.92 Å². The van der Waals surface area contributed by atoms with Gasteiger partial charge in [0.15, 0.2) is 0 Å². The highest BCUT2D eigenvalue weighted by Gasteiger charge is 1.98. The standard InChI is InChI=1S/C11H21NO3/c1-10(2)11(14)12-9-15-8-6-4-3-5-7-13/h13H,1,3-9H2,2H3,(H,12,14). The van der Waals surface area contributed by atoms with E-state index in [1.807, 2.05) is 0 Å². The molecule has 0 bridgehead atoms.